The summed E-state index contributed by atoms with van der Waals surface area (Å²) in [5.41, 5.74) is 0. The summed E-state index contributed by atoms with van der Waals surface area (Å²) in [6.45, 7) is 3.80. The van der Waals surface area contributed by atoms with Crippen LogP contribution in [-0.2, 0) is 9.53 Å². The third-order valence-electron chi connectivity index (χ3n) is 6.23. The zero-order valence-electron chi connectivity index (χ0n) is 22.2. The van der Waals surface area contributed by atoms with Gasteiger partial charge in [0.1, 0.15) is 6.10 Å². The van der Waals surface area contributed by atoms with E-state index in [1.165, 1.54) is 122 Å². The van der Waals surface area contributed by atoms with E-state index in [-0.39, 0.29) is 18.7 Å². The van der Waals surface area contributed by atoms with Crippen molar-refractivity contribution in [2.24, 2.45) is 0 Å². The fraction of sp³-hybridized carbons (Fsp3) is 0.833. The molecule has 3 heteroatoms. The Balaban J connectivity index is 3.31. The number of aliphatic hydroxyl groups is 1. The van der Waals surface area contributed by atoms with E-state index in [0.29, 0.717) is 6.42 Å². The van der Waals surface area contributed by atoms with E-state index in [4.69, 9.17) is 9.84 Å². The van der Waals surface area contributed by atoms with Crippen LogP contribution in [0.1, 0.15) is 149 Å². The Hall–Kier alpha value is -1.09. The summed E-state index contributed by atoms with van der Waals surface area (Å²) in [6.07, 6.45) is 35.6. The Labute approximate surface area is 206 Å². The van der Waals surface area contributed by atoms with Crippen LogP contribution < -0.4 is 0 Å². The van der Waals surface area contributed by atoms with Gasteiger partial charge in [-0.1, -0.05) is 95.4 Å². The summed E-state index contributed by atoms with van der Waals surface area (Å²) < 4.78 is 5.23. The molecule has 33 heavy (non-hydrogen) atoms. The highest BCUT2D eigenvalue weighted by Gasteiger charge is 2.10. The minimum absolute atomic E-state index is 0.0843. The predicted octanol–water partition coefficient (Wildman–Crippen LogP) is 9.23. The van der Waals surface area contributed by atoms with Crippen molar-refractivity contribution in [2.75, 3.05) is 6.61 Å². The Kier molecular flexibility index (Phi) is 26.3. The Morgan fingerprint density at radius 2 is 1.03 bits per heavy atom. The van der Waals surface area contributed by atoms with Crippen LogP contribution in [0.25, 0.3) is 0 Å². The molecule has 1 N–H and O–H groups in total. The molecule has 0 radical (unpaired) electrons. The molecule has 0 amide bonds. The molecule has 0 rings (SSSR count). The molecular formula is C30H56O3. The van der Waals surface area contributed by atoms with E-state index in [9.17, 15) is 4.79 Å². The summed E-state index contributed by atoms with van der Waals surface area (Å²) in [6, 6.07) is 0. The van der Waals surface area contributed by atoms with Crippen LogP contribution >= 0.6 is 0 Å². The van der Waals surface area contributed by atoms with Crippen molar-refractivity contribution >= 4 is 5.97 Å². The average Bonchev–Trinajstić information content (AvgIpc) is 2.79. The van der Waals surface area contributed by atoms with Crippen LogP contribution in [0.2, 0.25) is 0 Å². The summed E-state index contributed by atoms with van der Waals surface area (Å²) in [5, 5.41) is 9.03. The van der Waals surface area contributed by atoms with E-state index in [2.05, 4.69) is 31.2 Å². The third kappa shape index (κ3) is 27.0. The van der Waals surface area contributed by atoms with Gasteiger partial charge in [-0.15, -0.1) is 0 Å². The van der Waals surface area contributed by atoms with Gasteiger partial charge in [-0.2, -0.15) is 0 Å². The number of hydrogen-bond acceptors (Lipinski definition) is 3. The Morgan fingerprint density at radius 1 is 0.636 bits per heavy atom. The normalized spacial score (nSPS) is 12.7. The molecule has 0 fully saturated rings. The van der Waals surface area contributed by atoms with Crippen LogP contribution in [0.3, 0.4) is 0 Å². The first-order valence-corrected chi connectivity index (χ1v) is 14.3. The van der Waals surface area contributed by atoms with Crippen molar-refractivity contribution in [1.82, 2.24) is 0 Å². The van der Waals surface area contributed by atoms with Crippen LogP contribution in [0.4, 0.5) is 0 Å². The molecule has 3 nitrogen and oxygen atoms in total. The molecule has 0 bridgehead atoms. The van der Waals surface area contributed by atoms with Gasteiger partial charge in [-0.05, 0) is 64.2 Å². The molecule has 0 aromatic rings. The first-order chi connectivity index (χ1) is 16.2. The van der Waals surface area contributed by atoms with Crippen molar-refractivity contribution in [1.29, 1.82) is 0 Å². The highest BCUT2D eigenvalue weighted by atomic mass is 16.5. The number of allylic oxidation sites excluding steroid dienone is 4. The first-order valence-electron chi connectivity index (χ1n) is 14.3. The fourth-order valence-corrected chi connectivity index (χ4v) is 4.20. The highest BCUT2D eigenvalue weighted by molar-refractivity contribution is 5.66. The molecule has 0 aliphatic carbocycles. The Bertz CT molecular complexity index is 455. The molecule has 0 saturated heterocycles. The summed E-state index contributed by atoms with van der Waals surface area (Å²) >= 11 is 0. The summed E-state index contributed by atoms with van der Waals surface area (Å²) in [4.78, 5) is 11.0. The number of unbranched alkanes of at least 4 members (excludes halogenated alkanes) is 16. The molecular weight excluding hydrogens is 408 g/mol. The van der Waals surface area contributed by atoms with Crippen molar-refractivity contribution < 1.29 is 14.6 Å². The lowest BCUT2D eigenvalue weighted by atomic mass is 10.0. The lowest BCUT2D eigenvalue weighted by Crippen LogP contribution is -2.17. The maximum atomic E-state index is 11.0. The van der Waals surface area contributed by atoms with Gasteiger partial charge in [-0.25, -0.2) is 0 Å². The molecule has 0 aliphatic rings. The topological polar surface area (TPSA) is 46.5 Å². The number of carbonyl (C=O) groups is 1. The monoisotopic (exact) mass is 464 g/mol. The largest absolute Gasteiger partial charge is 0.462 e. The minimum Gasteiger partial charge on any atom is -0.462 e. The number of aliphatic hydroxyl groups excluding tert-OH is 1. The van der Waals surface area contributed by atoms with Gasteiger partial charge < -0.3 is 9.84 Å². The van der Waals surface area contributed by atoms with Crippen LogP contribution in [0, 0.1) is 0 Å². The first kappa shape index (κ1) is 31.9. The maximum absolute atomic E-state index is 11.0. The average molecular weight is 465 g/mol. The lowest BCUT2D eigenvalue weighted by molar-refractivity contribution is -0.147. The smallest absolute Gasteiger partial charge is 0.302 e. The van der Waals surface area contributed by atoms with Gasteiger partial charge in [0.15, 0.2) is 0 Å². The number of esters is 1. The van der Waals surface area contributed by atoms with Crippen molar-refractivity contribution in [2.45, 2.75) is 155 Å². The van der Waals surface area contributed by atoms with Crippen LogP contribution in [-0.4, -0.2) is 23.8 Å². The van der Waals surface area contributed by atoms with Gasteiger partial charge in [0.25, 0.3) is 0 Å². The van der Waals surface area contributed by atoms with Gasteiger partial charge in [0, 0.05) is 20.0 Å². The summed E-state index contributed by atoms with van der Waals surface area (Å²) in [7, 11) is 0. The molecule has 0 heterocycles. The van der Waals surface area contributed by atoms with Gasteiger partial charge in [0.2, 0.25) is 0 Å². The lowest BCUT2D eigenvalue weighted by Gasteiger charge is -2.15. The zero-order chi connectivity index (χ0) is 24.2. The minimum atomic E-state index is -0.244. The van der Waals surface area contributed by atoms with E-state index in [1.54, 1.807) is 0 Å². The molecule has 0 aromatic heterocycles. The van der Waals surface area contributed by atoms with Crippen LogP contribution in [0.15, 0.2) is 24.3 Å². The van der Waals surface area contributed by atoms with E-state index < -0.39 is 0 Å². The SMILES string of the molecule is CCCCCCCC/C=C\CCCCCC/C=C/CCCCCCC[C@H](CCO)OC(C)=O. The van der Waals surface area contributed by atoms with Crippen molar-refractivity contribution in [3.8, 4) is 0 Å². The van der Waals surface area contributed by atoms with Crippen molar-refractivity contribution in [3.63, 3.8) is 0 Å². The van der Waals surface area contributed by atoms with E-state index in [1.807, 2.05) is 0 Å². The quantitative estimate of drug-likeness (QED) is 0.0831. The Morgan fingerprint density at radius 3 is 1.42 bits per heavy atom. The molecule has 0 unspecified atom stereocenters. The second-order valence-corrected chi connectivity index (χ2v) is 9.58. The number of hydrogen-bond donors (Lipinski definition) is 1. The van der Waals surface area contributed by atoms with Gasteiger partial charge in [0.05, 0.1) is 0 Å². The fourth-order valence-electron chi connectivity index (χ4n) is 4.20. The second kappa shape index (κ2) is 27.2. The maximum Gasteiger partial charge on any atom is 0.302 e. The van der Waals surface area contributed by atoms with Crippen LogP contribution in [0.5, 0.6) is 0 Å². The molecule has 0 saturated carbocycles. The molecule has 0 aromatic carbocycles. The second-order valence-electron chi connectivity index (χ2n) is 9.58. The standard InChI is InChI=1S/C30H56O3/c1-3-4-5-6-7-8-9-10-11-12-13-14-15-16-17-18-19-20-21-22-23-24-25-26-30(27-28-31)33-29(2)32/h10-11,18-19,30-31H,3-9,12-17,20-28H2,1-2H3/b11-10-,19-18+/t30-/m1/s1. The molecule has 194 valence electrons. The molecule has 0 aliphatic heterocycles. The number of ether oxygens (including phenoxy) is 1. The third-order valence-corrected chi connectivity index (χ3v) is 6.23. The van der Waals surface area contributed by atoms with Gasteiger partial charge in [-0.3, -0.25) is 4.79 Å². The molecule has 1 atom stereocenters. The number of carbonyl (C=O) groups excluding carboxylic acids is 1. The van der Waals surface area contributed by atoms with Gasteiger partial charge >= 0.3 is 5.97 Å². The van der Waals surface area contributed by atoms with E-state index >= 15 is 0 Å². The zero-order valence-corrected chi connectivity index (χ0v) is 22.2. The predicted molar refractivity (Wildman–Crippen MR) is 144 cm³/mol. The molecule has 0 spiro atoms. The van der Waals surface area contributed by atoms with Crippen molar-refractivity contribution in [3.05, 3.63) is 24.3 Å². The van der Waals surface area contributed by atoms with E-state index in [0.717, 1.165) is 12.8 Å². The number of rotatable bonds is 25. The summed E-state index contributed by atoms with van der Waals surface area (Å²) in [5.74, 6) is -0.244. The highest BCUT2D eigenvalue weighted by Crippen LogP contribution is 2.14.